The molecule has 332 valence electrons. The molecule has 6 atom stereocenters. The quantitative estimate of drug-likeness (QED) is 0.0270. The fourth-order valence-corrected chi connectivity index (χ4v) is 6.80. The van der Waals surface area contributed by atoms with Crippen molar-refractivity contribution in [2.24, 2.45) is 0 Å². The standard InChI is InChI=1S/C47H84O10/c1-3-5-7-9-11-13-15-17-19-20-22-23-25-27-29-31-33-35-42(49)54-38-40(39-55-47-46(53)45(52)44(51)41(37-48)57-47)56-43(50)36-34-32-30-28-26-24-21-18-16-14-12-10-8-6-4-2/h13,15,18,21,26,28,40-41,44-48,51-53H,3-12,14,16-17,19-20,22-25,27,29-39H2,1-2H3/b15-13+,21-18+,28-26+/t40-,41-,44+,45?,46?,47-/m0/s1. The normalized spacial score (nSPS) is 20.6. The van der Waals surface area contributed by atoms with E-state index in [4.69, 9.17) is 18.9 Å². The van der Waals surface area contributed by atoms with E-state index < -0.39 is 49.4 Å². The minimum atomic E-state index is -1.60. The van der Waals surface area contributed by atoms with Crippen LogP contribution in [-0.2, 0) is 28.5 Å². The van der Waals surface area contributed by atoms with Gasteiger partial charge in [-0.2, -0.15) is 0 Å². The van der Waals surface area contributed by atoms with Gasteiger partial charge in [0, 0.05) is 12.8 Å². The van der Waals surface area contributed by atoms with Gasteiger partial charge in [0.05, 0.1) is 13.2 Å². The SMILES string of the molecule is CCCCCC/C=C/CCCCCCCCCCCC(=O)OC[C@@H](CO[C@H]1O[C@@H](CO)[C@@H](O)C(O)C1O)OC(=O)CCCC/C=C/C/C=C/CCCCCCCC. The molecule has 57 heavy (non-hydrogen) atoms. The first-order valence-corrected chi connectivity index (χ1v) is 23.1. The molecule has 1 aliphatic rings. The van der Waals surface area contributed by atoms with Crippen LogP contribution in [-0.4, -0.2) is 89.0 Å². The van der Waals surface area contributed by atoms with Crippen LogP contribution in [0.4, 0.5) is 0 Å². The van der Waals surface area contributed by atoms with E-state index in [1.165, 1.54) is 109 Å². The molecular formula is C47H84O10. The highest BCUT2D eigenvalue weighted by Gasteiger charge is 2.44. The Labute approximate surface area is 346 Å². The molecule has 0 aromatic carbocycles. The summed E-state index contributed by atoms with van der Waals surface area (Å²) in [6.07, 6.45) is 35.8. The summed E-state index contributed by atoms with van der Waals surface area (Å²) in [6, 6.07) is 0. The monoisotopic (exact) mass is 809 g/mol. The first-order valence-electron chi connectivity index (χ1n) is 23.1. The molecule has 0 aliphatic carbocycles. The summed E-state index contributed by atoms with van der Waals surface area (Å²) >= 11 is 0. The summed E-state index contributed by atoms with van der Waals surface area (Å²) in [5.41, 5.74) is 0. The van der Waals surface area contributed by atoms with Crippen molar-refractivity contribution in [3.8, 4) is 0 Å². The van der Waals surface area contributed by atoms with Gasteiger partial charge in [-0.25, -0.2) is 0 Å². The molecule has 0 radical (unpaired) electrons. The third-order valence-corrected chi connectivity index (χ3v) is 10.5. The van der Waals surface area contributed by atoms with E-state index in [1.807, 2.05) is 0 Å². The van der Waals surface area contributed by atoms with Gasteiger partial charge in [-0.1, -0.05) is 147 Å². The van der Waals surface area contributed by atoms with Gasteiger partial charge in [0.15, 0.2) is 12.4 Å². The van der Waals surface area contributed by atoms with Gasteiger partial charge < -0.3 is 39.4 Å². The molecule has 10 heteroatoms. The molecule has 4 N–H and O–H groups in total. The van der Waals surface area contributed by atoms with Crippen LogP contribution in [0.1, 0.15) is 194 Å². The maximum absolute atomic E-state index is 12.8. The lowest BCUT2D eigenvalue weighted by Gasteiger charge is -2.39. The van der Waals surface area contributed by atoms with Crippen LogP contribution in [0.5, 0.6) is 0 Å². The molecule has 0 spiro atoms. The van der Waals surface area contributed by atoms with E-state index in [0.29, 0.717) is 6.42 Å². The second-order valence-corrected chi connectivity index (χ2v) is 15.8. The van der Waals surface area contributed by atoms with Gasteiger partial charge in [-0.15, -0.1) is 0 Å². The Bertz CT molecular complexity index is 1030. The van der Waals surface area contributed by atoms with Crippen molar-refractivity contribution in [3.05, 3.63) is 36.5 Å². The molecular weight excluding hydrogens is 725 g/mol. The Morgan fingerprint density at radius 3 is 1.53 bits per heavy atom. The molecule has 0 aromatic heterocycles. The van der Waals surface area contributed by atoms with Gasteiger partial charge in [-0.3, -0.25) is 9.59 Å². The summed E-state index contributed by atoms with van der Waals surface area (Å²) in [5, 5.41) is 40.1. The van der Waals surface area contributed by atoms with Gasteiger partial charge in [0.2, 0.25) is 0 Å². The van der Waals surface area contributed by atoms with Crippen LogP contribution < -0.4 is 0 Å². The Kier molecular flexibility index (Phi) is 35.4. The minimum absolute atomic E-state index is 0.188. The molecule has 1 aliphatic heterocycles. The fraction of sp³-hybridized carbons (Fsp3) is 0.830. The van der Waals surface area contributed by atoms with Crippen LogP contribution >= 0.6 is 0 Å². The lowest BCUT2D eigenvalue weighted by Crippen LogP contribution is -2.59. The summed E-state index contributed by atoms with van der Waals surface area (Å²) in [7, 11) is 0. The zero-order valence-electron chi connectivity index (χ0n) is 36.1. The molecule has 1 rings (SSSR count). The number of ether oxygens (including phenoxy) is 4. The van der Waals surface area contributed by atoms with Crippen molar-refractivity contribution in [2.45, 2.75) is 230 Å². The number of hydrogen-bond donors (Lipinski definition) is 4. The van der Waals surface area contributed by atoms with Crippen LogP contribution in [0.2, 0.25) is 0 Å². The maximum atomic E-state index is 12.8. The van der Waals surface area contributed by atoms with E-state index in [2.05, 4.69) is 50.3 Å². The Balaban J connectivity index is 2.34. The lowest BCUT2D eigenvalue weighted by molar-refractivity contribution is -0.305. The van der Waals surface area contributed by atoms with Crippen molar-refractivity contribution in [1.29, 1.82) is 0 Å². The smallest absolute Gasteiger partial charge is 0.306 e. The predicted octanol–water partition coefficient (Wildman–Crippen LogP) is 9.89. The molecule has 1 saturated heterocycles. The predicted molar refractivity (Wildman–Crippen MR) is 229 cm³/mol. The molecule has 10 nitrogen and oxygen atoms in total. The number of rotatable bonds is 38. The Morgan fingerprint density at radius 2 is 0.982 bits per heavy atom. The minimum Gasteiger partial charge on any atom is -0.462 e. The van der Waals surface area contributed by atoms with Crippen LogP contribution in [0.25, 0.3) is 0 Å². The van der Waals surface area contributed by atoms with Crippen molar-refractivity contribution >= 4 is 11.9 Å². The zero-order valence-corrected chi connectivity index (χ0v) is 36.1. The van der Waals surface area contributed by atoms with E-state index in [-0.39, 0.29) is 32.0 Å². The van der Waals surface area contributed by atoms with Crippen molar-refractivity contribution in [2.75, 3.05) is 19.8 Å². The second kappa shape index (κ2) is 38.1. The van der Waals surface area contributed by atoms with Gasteiger partial charge in [0.1, 0.15) is 31.0 Å². The zero-order chi connectivity index (χ0) is 41.6. The van der Waals surface area contributed by atoms with Gasteiger partial charge in [0.25, 0.3) is 0 Å². The topological polar surface area (TPSA) is 152 Å². The molecule has 0 aromatic rings. The summed E-state index contributed by atoms with van der Waals surface area (Å²) in [6.45, 7) is 3.37. The van der Waals surface area contributed by atoms with E-state index in [9.17, 15) is 30.0 Å². The number of unbranched alkanes of at least 4 members (excludes halogenated alkanes) is 21. The number of aliphatic hydroxyl groups is 4. The third kappa shape index (κ3) is 29.7. The third-order valence-electron chi connectivity index (χ3n) is 10.5. The highest BCUT2D eigenvalue weighted by molar-refractivity contribution is 5.70. The Morgan fingerprint density at radius 1 is 0.544 bits per heavy atom. The average Bonchev–Trinajstić information content (AvgIpc) is 3.21. The molecule has 1 fully saturated rings. The largest absolute Gasteiger partial charge is 0.462 e. The lowest BCUT2D eigenvalue weighted by atomic mass is 9.99. The second-order valence-electron chi connectivity index (χ2n) is 15.8. The summed E-state index contributed by atoms with van der Waals surface area (Å²) in [4.78, 5) is 25.3. The summed E-state index contributed by atoms with van der Waals surface area (Å²) in [5.74, 6) is -0.844. The number of hydrogen-bond acceptors (Lipinski definition) is 10. The Hall–Kier alpha value is -2.08. The van der Waals surface area contributed by atoms with E-state index >= 15 is 0 Å². The van der Waals surface area contributed by atoms with E-state index in [0.717, 1.165) is 51.4 Å². The van der Waals surface area contributed by atoms with Crippen molar-refractivity contribution in [3.63, 3.8) is 0 Å². The number of aliphatic hydroxyl groups excluding tert-OH is 4. The molecule has 1 heterocycles. The van der Waals surface area contributed by atoms with Gasteiger partial charge >= 0.3 is 11.9 Å². The number of carbonyl (C=O) groups excluding carboxylic acids is 2. The highest BCUT2D eigenvalue weighted by Crippen LogP contribution is 2.22. The molecule has 2 unspecified atom stereocenters. The van der Waals surface area contributed by atoms with Crippen molar-refractivity contribution < 1.29 is 49.0 Å². The van der Waals surface area contributed by atoms with Crippen LogP contribution in [0, 0.1) is 0 Å². The number of carbonyl (C=O) groups is 2. The van der Waals surface area contributed by atoms with Crippen LogP contribution in [0.15, 0.2) is 36.5 Å². The van der Waals surface area contributed by atoms with Crippen molar-refractivity contribution in [1.82, 2.24) is 0 Å². The molecule has 0 amide bonds. The number of esters is 2. The fourth-order valence-electron chi connectivity index (χ4n) is 6.80. The summed E-state index contributed by atoms with van der Waals surface area (Å²) < 4.78 is 22.1. The van der Waals surface area contributed by atoms with Gasteiger partial charge in [-0.05, 0) is 70.6 Å². The first-order chi connectivity index (χ1) is 27.8. The molecule has 0 bridgehead atoms. The van der Waals surface area contributed by atoms with Crippen LogP contribution in [0.3, 0.4) is 0 Å². The first kappa shape index (κ1) is 52.9. The number of allylic oxidation sites excluding steroid dienone is 6. The highest BCUT2D eigenvalue weighted by atomic mass is 16.7. The average molecular weight is 809 g/mol. The molecule has 0 saturated carbocycles. The van der Waals surface area contributed by atoms with E-state index in [1.54, 1.807) is 0 Å². The maximum Gasteiger partial charge on any atom is 0.306 e.